The van der Waals surface area contributed by atoms with E-state index in [1.165, 1.54) is 0 Å². The van der Waals surface area contributed by atoms with Gasteiger partial charge in [0.2, 0.25) is 5.91 Å². The Morgan fingerprint density at radius 3 is 2.43 bits per heavy atom. The standard InChI is InChI=1S/C17H26N2O2/c1-4-7-19-17(16(18)20,14-5-6-14)11-21-15-9-12(2)8-13(3)10-15/h8-10,14,19H,4-7,11H2,1-3H3,(H2,18,20). The summed E-state index contributed by atoms with van der Waals surface area (Å²) in [4.78, 5) is 12.0. The fourth-order valence-electron chi connectivity index (χ4n) is 2.81. The molecule has 4 nitrogen and oxygen atoms in total. The zero-order valence-corrected chi connectivity index (χ0v) is 13.2. The van der Waals surface area contributed by atoms with Gasteiger partial charge in [-0.15, -0.1) is 0 Å². The number of ether oxygens (including phenoxy) is 1. The number of rotatable bonds is 8. The normalized spacial score (nSPS) is 17.3. The molecule has 0 saturated heterocycles. The van der Waals surface area contributed by atoms with Crippen LogP contribution in [0.3, 0.4) is 0 Å². The summed E-state index contributed by atoms with van der Waals surface area (Å²) < 4.78 is 5.93. The zero-order valence-electron chi connectivity index (χ0n) is 13.2. The van der Waals surface area contributed by atoms with Gasteiger partial charge in [0.05, 0.1) is 0 Å². The molecule has 1 atom stereocenters. The van der Waals surface area contributed by atoms with Crippen molar-refractivity contribution in [3.63, 3.8) is 0 Å². The van der Waals surface area contributed by atoms with E-state index in [4.69, 9.17) is 10.5 Å². The third-order valence-electron chi connectivity index (χ3n) is 4.07. The molecule has 1 aliphatic carbocycles. The highest BCUT2D eigenvalue weighted by Crippen LogP contribution is 2.40. The molecule has 1 amide bonds. The molecule has 0 heterocycles. The van der Waals surface area contributed by atoms with Crippen molar-refractivity contribution in [2.24, 2.45) is 11.7 Å². The lowest BCUT2D eigenvalue weighted by Crippen LogP contribution is -2.61. The van der Waals surface area contributed by atoms with Crippen LogP contribution in [0.25, 0.3) is 0 Å². The molecule has 1 fully saturated rings. The molecule has 1 saturated carbocycles. The van der Waals surface area contributed by atoms with Crippen LogP contribution in [0, 0.1) is 19.8 Å². The number of nitrogens with one attached hydrogen (secondary N) is 1. The molecule has 0 spiro atoms. The Morgan fingerprint density at radius 1 is 1.33 bits per heavy atom. The first kappa shape index (κ1) is 15.8. The number of amides is 1. The molecule has 0 radical (unpaired) electrons. The van der Waals surface area contributed by atoms with Gasteiger partial charge in [-0.2, -0.15) is 0 Å². The van der Waals surface area contributed by atoms with Crippen molar-refractivity contribution >= 4 is 5.91 Å². The van der Waals surface area contributed by atoms with Gasteiger partial charge < -0.3 is 15.8 Å². The van der Waals surface area contributed by atoms with Gasteiger partial charge in [-0.25, -0.2) is 0 Å². The maximum absolute atomic E-state index is 12.0. The van der Waals surface area contributed by atoms with Crippen molar-refractivity contribution < 1.29 is 9.53 Å². The number of aryl methyl sites for hydroxylation is 2. The monoisotopic (exact) mass is 290 g/mol. The van der Waals surface area contributed by atoms with Crippen LogP contribution in [0.4, 0.5) is 0 Å². The van der Waals surface area contributed by atoms with Gasteiger partial charge in [-0.1, -0.05) is 13.0 Å². The summed E-state index contributed by atoms with van der Waals surface area (Å²) in [5, 5.41) is 3.34. The van der Waals surface area contributed by atoms with Crippen LogP contribution in [-0.4, -0.2) is 24.6 Å². The second kappa shape index (κ2) is 6.48. The molecule has 0 bridgehead atoms. The molecule has 1 aliphatic rings. The van der Waals surface area contributed by atoms with E-state index in [-0.39, 0.29) is 5.91 Å². The minimum Gasteiger partial charge on any atom is -0.491 e. The quantitative estimate of drug-likeness (QED) is 0.772. The lowest BCUT2D eigenvalue weighted by atomic mass is 9.93. The molecule has 0 aliphatic heterocycles. The van der Waals surface area contributed by atoms with Crippen molar-refractivity contribution in [2.45, 2.75) is 45.6 Å². The van der Waals surface area contributed by atoms with Crippen LogP contribution in [-0.2, 0) is 4.79 Å². The molecule has 21 heavy (non-hydrogen) atoms. The first-order chi connectivity index (χ1) is 9.98. The number of hydrogen-bond acceptors (Lipinski definition) is 3. The smallest absolute Gasteiger partial charge is 0.241 e. The first-order valence-electron chi connectivity index (χ1n) is 7.74. The van der Waals surface area contributed by atoms with Gasteiger partial charge in [-0.3, -0.25) is 4.79 Å². The zero-order chi connectivity index (χ0) is 15.5. The summed E-state index contributed by atoms with van der Waals surface area (Å²) in [6.45, 7) is 7.23. The summed E-state index contributed by atoms with van der Waals surface area (Å²) in [5.74, 6) is 0.798. The van der Waals surface area contributed by atoms with Gasteiger partial charge in [0.15, 0.2) is 0 Å². The summed E-state index contributed by atoms with van der Waals surface area (Å²) in [6.07, 6.45) is 3.04. The van der Waals surface area contributed by atoms with Crippen LogP contribution in [0.5, 0.6) is 5.75 Å². The summed E-state index contributed by atoms with van der Waals surface area (Å²) >= 11 is 0. The highest BCUT2D eigenvalue weighted by Gasteiger charge is 2.50. The van der Waals surface area contributed by atoms with Crippen LogP contribution >= 0.6 is 0 Å². The lowest BCUT2D eigenvalue weighted by Gasteiger charge is -2.32. The van der Waals surface area contributed by atoms with Crippen LogP contribution in [0.15, 0.2) is 18.2 Å². The Labute approximate surface area is 127 Å². The molecule has 2 rings (SSSR count). The Bertz CT molecular complexity index is 491. The molecule has 1 aromatic rings. The Morgan fingerprint density at radius 2 is 1.95 bits per heavy atom. The second-order valence-corrected chi connectivity index (χ2v) is 6.15. The van der Waals surface area contributed by atoms with Gasteiger partial charge in [-0.05, 0) is 68.8 Å². The van der Waals surface area contributed by atoms with Gasteiger partial charge >= 0.3 is 0 Å². The van der Waals surface area contributed by atoms with E-state index >= 15 is 0 Å². The van der Waals surface area contributed by atoms with Crippen molar-refractivity contribution in [3.05, 3.63) is 29.3 Å². The molecular formula is C17H26N2O2. The second-order valence-electron chi connectivity index (χ2n) is 6.15. The van der Waals surface area contributed by atoms with E-state index in [9.17, 15) is 4.79 Å². The van der Waals surface area contributed by atoms with E-state index in [0.717, 1.165) is 42.7 Å². The van der Waals surface area contributed by atoms with Crippen LogP contribution in [0.2, 0.25) is 0 Å². The van der Waals surface area contributed by atoms with Crippen molar-refractivity contribution in [1.29, 1.82) is 0 Å². The molecule has 1 aromatic carbocycles. The third kappa shape index (κ3) is 3.76. The average Bonchev–Trinajstić information content (AvgIpc) is 3.22. The third-order valence-corrected chi connectivity index (χ3v) is 4.07. The molecule has 116 valence electrons. The van der Waals surface area contributed by atoms with Crippen LogP contribution in [0.1, 0.15) is 37.3 Å². The fourth-order valence-corrected chi connectivity index (χ4v) is 2.81. The number of benzene rings is 1. The van der Waals surface area contributed by atoms with E-state index < -0.39 is 5.54 Å². The first-order valence-corrected chi connectivity index (χ1v) is 7.74. The molecule has 1 unspecified atom stereocenters. The Hall–Kier alpha value is -1.55. The summed E-state index contributed by atoms with van der Waals surface area (Å²) in [5.41, 5.74) is 7.28. The van der Waals surface area contributed by atoms with Gasteiger partial charge in [0.25, 0.3) is 0 Å². The van der Waals surface area contributed by atoms with E-state index in [0.29, 0.717) is 12.5 Å². The van der Waals surface area contributed by atoms with Gasteiger partial charge in [0.1, 0.15) is 17.9 Å². The van der Waals surface area contributed by atoms with Crippen molar-refractivity contribution in [2.75, 3.05) is 13.2 Å². The maximum atomic E-state index is 12.0. The van der Waals surface area contributed by atoms with E-state index in [1.54, 1.807) is 0 Å². The minimum atomic E-state index is -0.729. The number of hydrogen-bond donors (Lipinski definition) is 2. The summed E-state index contributed by atoms with van der Waals surface area (Å²) in [7, 11) is 0. The Kier molecular flexibility index (Phi) is 4.88. The highest BCUT2D eigenvalue weighted by molar-refractivity contribution is 5.85. The number of carbonyl (C=O) groups excluding carboxylic acids is 1. The average molecular weight is 290 g/mol. The SMILES string of the molecule is CCCNC(COc1cc(C)cc(C)c1)(C(N)=O)C1CC1. The largest absolute Gasteiger partial charge is 0.491 e. The Balaban J connectivity index is 2.12. The summed E-state index contributed by atoms with van der Waals surface area (Å²) in [6, 6.07) is 6.08. The molecule has 4 heteroatoms. The molecule has 3 N–H and O–H groups in total. The fraction of sp³-hybridized carbons (Fsp3) is 0.588. The molecule has 0 aromatic heterocycles. The topological polar surface area (TPSA) is 64.3 Å². The number of carbonyl (C=O) groups is 1. The molecular weight excluding hydrogens is 264 g/mol. The number of nitrogens with two attached hydrogens (primary N) is 1. The lowest BCUT2D eigenvalue weighted by molar-refractivity contribution is -0.126. The van der Waals surface area contributed by atoms with Crippen molar-refractivity contribution in [1.82, 2.24) is 5.32 Å². The maximum Gasteiger partial charge on any atom is 0.241 e. The van der Waals surface area contributed by atoms with Crippen LogP contribution < -0.4 is 15.8 Å². The minimum absolute atomic E-state index is 0.299. The predicted octanol–water partition coefficient (Wildman–Crippen LogP) is 2.32. The predicted molar refractivity (Wildman–Crippen MR) is 84.4 cm³/mol. The van der Waals surface area contributed by atoms with Crippen molar-refractivity contribution in [3.8, 4) is 5.75 Å². The highest BCUT2D eigenvalue weighted by atomic mass is 16.5. The van der Waals surface area contributed by atoms with E-state index in [1.807, 2.05) is 26.0 Å². The van der Waals surface area contributed by atoms with Gasteiger partial charge in [0, 0.05) is 0 Å². The number of primary amides is 1. The van der Waals surface area contributed by atoms with E-state index in [2.05, 4.69) is 18.3 Å².